The normalized spacial score (nSPS) is 18.0. The topological polar surface area (TPSA) is 60.9 Å². The predicted molar refractivity (Wildman–Crippen MR) is 116 cm³/mol. The first-order valence-electron chi connectivity index (χ1n) is 10.4. The Hall–Kier alpha value is -2.64. The summed E-state index contributed by atoms with van der Waals surface area (Å²) in [6, 6.07) is 11.8. The summed E-state index contributed by atoms with van der Waals surface area (Å²) in [5, 5.41) is 3.06. The Morgan fingerprint density at radius 3 is 2.55 bits per heavy atom. The number of benzene rings is 1. The molecule has 1 N–H and O–H groups in total. The minimum absolute atomic E-state index is 0.181. The van der Waals surface area contributed by atoms with E-state index in [1.807, 2.05) is 36.4 Å². The molecule has 0 saturated carbocycles. The largest absolute Gasteiger partial charge is 0.378 e. The average Bonchev–Trinajstić information content (AvgIpc) is 2.80. The molecular formula is C22H29N5O2. The van der Waals surface area contributed by atoms with Crippen LogP contribution in [-0.2, 0) is 4.74 Å². The van der Waals surface area contributed by atoms with Gasteiger partial charge in [-0.2, -0.15) is 0 Å². The summed E-state index contributed by atoms with van der Waals surface area (Å²) in [5.74, 6) is -0.181. The summed E-state index contributed by atoms with van der Waals surface area (Å²) >= 11 is 0. The molecule has 7 heteroatoms. The number of nitrogens with zero attached hydrogens (tertiary/aromatic N) is 4. The van der Waals surface area contributed by atoms with Crippen molar-refractivity contribution >= 4 is 23.0 Å². The van der Waals surface area contributed by atoms with Crippen molar-refractivity contribution in [1.82, 2.24) is 9.88 Å². The molecule has 29 heavy (non-hydrogen) atoms. The zero-order valence-electron chi connectivity index (χ0n) is 17.0. The molecule has 1 aromatic heterocycles. The first-order valence-corrected chi connectivity index (χ1v) is 10.4. The molecule has 2 aliphatic heterocycles. The van der Waals surface area contributed by atoms with Crippen LogP contribution < -0.4 is 15.1 Å². The van der Waals surface area contributed by atoms with Gasteiger partial charge in [0.05, 0.1) is 24.6 Å². The zero-order valence-corrected chi connectivity index (χ0v) is 17.0. The average molecular weight is 396 g/mol. The van der Waals surface area contributed by atoms with E-state index in [1.165, 1.54) is 0 Å². The third-order valence-electron chi connectivity index (χ3n) is 5.66. The maximum Gasteiger partial charge on any atom is 0.274 e. The fourth-order valence-corrected chi connectivity index (χ4v) is 3.91. The molecule has 2 saturated heterocycles. The lowest BCUT2D eigenvalue weighted by Crippen LogP contribution is -2.46. The van der Waals surface area contributed by atoms with Crippen LogP contribution in [0.4, 0.5) is 17.1 Å². The van der Waals surface area contributed by atoms with E-state index in [4.69, 9.17) is 4.74 Å². The molecular weight excluding hydrogens is 366 g/mol. The van der Waals surface area contributed by atoms with Gasteiger partial charge < -0.3 is 24.8 Å². The van der Waals surface area contributed by atoms with Crippen molar-refractivity contribution in [3.05, 3.63) is 48.3 Å². The number of pyridine rings is 1. The number of para-hydroxylation sites is 2. The van der Waals surface area contributed by atoms with E-state index < -0.39 is 0 Å². The van der Waals surface area contributed by atoms with Crippen molar-refractivity contribution in [3.8, 4) is 0 Å². The minimum atomic E-state index is -0.181. The van der Waals surface area contributed by atoms with Gasteiger partial charge in [0.15, 0.2) is 0 Å². The second-order valence-electron chi connectivity index (χ2n) is 7.39. The predicted octanol–water partition coefficient (Wildman–Crippen LogP) is 2.31. The highest BCUT2D eigenvalue weighted by Gasteiger charge is 2.19. The highest BCUT2D eigenvalue weighted by Crippen LogP contribution is 2.27. The molecule has 2 aromatic rings. The van der Waals surface area contributed by atoms with Gasteiger partial charge in [0, 0.05) is 51.2 Å². The number of carbonyl (C=O) groups excluding carboxylic acids is 1. The Labute approximate surface area is 172 Å². The number of piperazine rings is 1. The quantitative estimate of drug-likeness (QED) is 0.838. The Bertz CT molecular complexity index is 829. The molecule has 0 unspecified atom stereocenters. The van der Waals surface area contributed by atoms with E-state index in [0.717, 1.165) is 62.9 Å². The van der Waals surface area contributed by atoms with Crippen molar-refractivity contribution < 1.29 is 9.53 Å². The van der Waals surface area contributed by atoms with E-state index in [2.05, 4.69) is 31.9 Å². The van der Waals surface area contributed by atoms with Crippen LogP contribution in [0.3, 0.4) is 0 Å². The van der Waals surface area contributed by atoms with E-state index in [0.29, 0.717) is 18.9 Å². The molecule has 4 rings (SSSR count). The summed E-state index contributed by atoms with van der Waals surface area (Å²) in [5.41, 5.74) is 3.33. The first kappa shape index (κ1) is 19.7. The fourth-order valence-electron chi connectivity index (χ4n) is 3.91. The van der Waals surface area contributed by atoms with Crippen molar-refractivity contribution in [2.24, 2.45) is 0 Å². The molecule has 0 spiro atoms. The third-order valence-corrected chi connectivity index (χ3v) is 5.66. The minimum Gasteiger partial charge on any atom is -0.378 e. The van der Waals surface area contributed by atoms with Crippen molar-refractivity contribution in [2.45, 2.75) is 6.92 Å². The Balaban J connectivity index is 1.47. The van der Waals surface area contributed by atoms with Crippen LogP contribution in [0.2, 0.25) is 0 Å². The molecule has 2 aliphatic rings. The van der Waals surface area contributed by atoms with E-state index >= 15 is 0 Å². The zero-order chi connectivity index (χ0) is 20.1. The number of hydrogen-bond donors (Lipinski definition) is 1. The van der Waals surface area contributed by atoms with E-state index in [-0.39, 0.29) is 5.91 Å². The van der Waals surface area contributed by atoms with Crippen LogP contribution in [0.1, 0.15) is 17.4 Å². The Morgan fingerprint density at radius 2 is 1.79 bits per heavy atom. The van der Waals surface area contributed by atoms with Gasteiger partial charge in [-0.15, -0.1) is 0 Å². The third kappa shape index (κ3) is 4.68. The Kier molecular flexibility index (Phi) is 6.27. The van der Waals surface area contributed by atoms with Gasteiger partial charge in [-0.3, -0.25) is 9.78 Å². The number of anilines is 3. The maximum absolute atomic E-state index is 12.9. The fraction of sp³-hybridized carbons (Fsp3) is 0.455. The molecule has 0 aliphatic carbocycles. The summed E-state index contributed by atoms with van der Waals surface area (Å²) in [7, 11) is 0. The van der Waals surface area contributed by atoms with Gasteiger partial charge in [-0.1, -0.05) is 19.1 Å². The van der Waals surface area contributed by atoms with Crippen molar-refractivity contribution in [2.75, 3.05) is 74.1 Å². The number of amides is 1. The molecule has 2 fully saturated rings. The van der Waals surface area contributed by atoms with Crippen LogP contribution in [0.15, 0.2) is 42.6 Å². The lowest BCUT2D eigenvalue weighted by Gasteiger charge is -2.35. The molecule has 0 radical (unpaired) electrons. The SMILES string of the molecule is CCN1CCN(c2ccnc(C(=O)Nc3ccccc3N3CCOCC3)c2)CC1. The molecule has 1 aromatic carbocycles. The molecule has 154 valence electrons. The molecule has 3 heterocycles. The van der Waals surface area contributed by atoms with Gasteiger partial charge in [0.1, 0.15) is 5.69 Å². The summed E-state index contributed by atoms with van der Waals surface area (Å²) in [4.78, 5) is 24.3. The highest BCUT2D eigenvalue weighted by atomic mass is 16.5. The summed E-state index contributed by atoms with van der Waals surface area (Å²) in [6.45, 7) is 10.4. The van der Waals surface area contributed by atoms with E-state index in [1.54, 1.807) is 6.20 Å². The number of nitrogens with one attached hydrogen (secondary N) is 1. The van der Waals surface area contributed by atoms with Gasteiger partial charge in [-0.05, 0) is 30.8 Å². The lowest BCUT2D eigenvalue weighted by atomic mass is 10.2. The van der Waals surface area contributed by atoms with Gasteiger partial charge in [-0.25, -0.2) is 0 Å². The monoisotopic (exact) mass is 395 g/mol. The van der Waals surface area contributed by atoms with Gasteiger partial charge in [0.25, 0.3) is 5.91 Å². The lowest BCUT2D eigenvalue weighted by molar-refractivity contribution is 0.102. The molecule has 7 nitrogen and oxygen atoms in total. The number of carbonyl (C=O) groups is 1. The van der Waals surface area contributed by atoms with Crippen molar-refractivity contribution in [1.29, 1.82) is 0 Å². The van der Waals surface area contributed by atoms with Crippen LogP contribution in [-0.4, -0.2) is 74.8 Å². The van der Waals surface area contributed by atoms with Crippen molar-refractivity contribution in [3.63, 3.8) is 0 Å². The van der Waals surface area contributed by atoms with E-state index in [9.17, 15) is 4.79 Å². The number of aromatic nitrogens is 1. The first-order chi connectivity index (χ1) is 14.2. The molecule has 0 atom stereocenters. The standard InChI is InChI=1S/C22H29N5O2/c1-2-25-9-11-26(12-10-25)18-7-8-23-20(17-18)22(28)24-19-5-3-4-6-21(19)27-13-15-29-16-14-27/h3-8,17H,2,9-16H2,1H3,(H,24,28). The summed E-state index contributed by atoms with van der Waals surface area (Å²) < 4.78 is 5.45. The second-order valence-corrected chi connectivity index (χ2v) is 7.39. The summed E-state index contributed by atoms with van der Waals surface area (Å²) in [6.07, 6.45) is 1.73. The highest BCUT2D eigenvalue weighted by molar-refractivity contribution is 6.05. The smallest absolute Gasteiger partial charge is 0.274 e. The second kappa shape index (κ2) is 9.24. The van der Waals surface area contributed by atoms with Crippen LogP contribution in [0.5, 0.6) is 0 Å². The van der Waals surface area contributed by atoms with Crippen LogP contribution in [0.25, 0.3) is 0 Å². The number of likely N-dealkylation sites (N-methyl/N-ethyl adjacent to an activating group) is 1. The number of hydrogen-bond acceptors (Lipinski definition) is 6. The number of rotatable bonds is 5. The molecule has 0 bridgehead atoms. The Morgan fingerprint density at radius 1 is 1.03 bits per heavy atom. The maximum atomic E-state index is 12.9. The van der Waals surface area contributed by atoms with Gasteiger partial charge >= 0.3 is 0 Å². The van der Waals surface area contributed by atoms with Crippen LogP contribution in [0, 0.1) is 0 Å². The number of ether oxygens (including phenoxy) is 1. The number of morpholine rings is 1. The molecule has 1 amide bonds. The van der Waals surface area contributed by atoms with Crippen LogP contribution >= 0.6 is 0 Å². The van der Waals surface area contributed by atoms with Gasteiger partial charge in [0.2, 0.25) is 0 Å².